The fourth-order valence-corrected chi connectivity index (χ4v) is 6.07. The lowest BCUT2D eigenvalue weighted by Crippen LogP contribution is -2.52. The molecule has 2 saturated carbocycles. The first-order valence-corrected chi connectivity index (χ1v) is 9.87. The molecule has 1 heteroatoms. The van der Waals surface area contributed by atoms with Crippen molar-refractivity contribution in [2.24, 2.45) is 28.6 Å². The van der Waals surface area contributed by atoms with Crippen LogP contribution < -0.4 is 0 Å². The molecular weight excluding hydrogens is 268 g/mol. The maximum atomic E-state index is 6.46. The molecule has 0 N–H and O–H groups in total. The Hall–Kier alpha value is -0.0400. The highest BCUT2D eigenvalue weighted by molar-refractivity contribution is 5.06. The summed E-state index contributed by atoms with van der Waals surface area (Å²) in [4.78, 5) is 0. The van der Waals surface area contributed by atoms with Crippen LogP contribution in [0.15, 0.2) is 0 Å². The Balaban J connectivity index is 1.59. The van der Waals surface area contributed by atoms with Gasteiger partial charge in [-0.1, -0.05) is 53.9 Å². The topological polar surface area (TPSA) is 9.23 Å². The van der Waals surface area contributed by atoms with Gasteiger partial charge in [-0.05, 0) is 67.1 Å². The average Bonchev–Trinajstić information content (AvgIpc) is 2.82. The SMILES string of the molecule is CC(C)(C)C1CCC12CC(CC(C)(C)C1CCCCC1)CO2. The number of hydrogen-bond acceptors (Lipinski definition) is 1. The smallest absolute Gasteiger partial charge is 0.0719 e. The summed E-state index contributed by atoms with van der Waals surface area (Å²) in [6, 6.07) is 0. The van der Waals surface area contributed by atoms with Crippen molar-refractivity contribution in [3.63, 3.8) is 0 Å². The minimum atomic E-state index is 0.256. The van der Waals surface area contributed by atoms with Crippen molar-refractivity contribution in [1.82, 2.24) is 0 Å². The number of rotatable bonds is 3. The summed E-state index contributed by atoms with van der Waals surface area (Å²) in [6.07, 6.45) is 12.7. The van der Waals surface area contributed by atoms with Crippen molar-refractivity contribution < 1.29 is 4.74 Å². The highest BCUT2D eigenvalue weighted by Gasteiger charge is 2.56. The van der Waals surface area contributed by atoms with Crippen molar-refractivity contribution in [2.75, 3.05) is 6.61 Å². The van der Waals surface area contributed by atoms with E-state index in [1.54, 1.807) is 0 Å². The number of hydrogen-bond donors (Lipinski definition) is 0. The largest absolute Gasteiger partial charge is 0.374 e. The van der Waals surface area contributed by atoms with E-state index in [0.29, 0.717) is 10.8 Å². The molecule has 3 aliphatic rings. The van der Waals surface area contributed by atoms with Crippen LogP contribution in [-0.2, 0) is 4.74 Å². The summed E-state index contributed by atoms with van der Waals surface area (Å²) < 4.78 is 6.46. The van der Waals surface area contributed by atoms with E-state index in [9.17, 15) is 0 Å². The third-order valence-corrected chi connectivity index (χ3v) is 7.30. The lowest BCUT2D eigenvalue weighted by Gasteiger charge is -2.53. The molecule has 3 unspecified atom stereocenters. The molecule has 1 spiro atoms. The minimum absolute atomic E-state index is 0.256. The molecule has 0 aromatic carbocycles. The molecule has 2 aliphatic carbocycles. The van der Waals surface area contributed by atoms with E-state index in [4.69, 9.17) is 4.74 Å². The van der Waals surface area contributed by atoms with Crippen LogP contribution in [0.25, 0.3) is 0 Å². The average molecular weight is 307 g/mol. The fourth-order valence-electron chi connectivity index (χ4n) is 6.07. The first-order valence-electron chi connectivity index (χ1n) is 9.87. The van der Waals surface area contributed by atoms with E-state index >= 15 is 0 Å². The molecule has 22 heavy (non-hydrogen) atoms. The van der Waals surface area contributed by atoms with Gasteiger partial charge >= 0.3 is 0 Å². The van der Waals surface area contributed by atoms with Crippen LogP contribution in [0.5, 0.6) is 0 Å². The summed E-state index contributed by atoms with van der Waals surface area (Å²) in [7, 11) is 0. The molecule has 3 rings (SSSR count). The third kappa shape index (κ3) is 3.12. The van der Waals surface area contributed by atoms with Gasteiger partial charge in [0, 0.05) is 0 Å². The zero-order chi connectivity index (χ0) is 16.0. The predicted molar refractivity (Wildman–Crippen MR) is 93.9 cm³/mol. The summed E-state index contributed by atoms with van der Waals surface area (Å²) in [5.74, 6) is 2.54. The molecule has 3 atom stereocenters. The monoisotopic (exact) mass is 306 g/mol. The van der Waals surface area contributed by atoms with Gasteiger partial charge < -0.3 is 4.74 Å². The van der Waals surface area contributed by atoms with E-state index in [-0.39, 0.29) is 5.60 Å². The first-order chi connectivity index (χ1) is 10.2. The Morgan fingerprint density at radius 3 is 2.18 bits per heavy atom. The van der Waals surface area contributed by atoms with Crippen LogP contribution in [0, 0.1) is 28.6 Å². The lowest BCUT2D eigenvalue weighted by atomic mass is 9.56. The summed E-state index contributed by atoms with van der Waals surface area (Å²) in [5.41, 5.74) is 1.18. The summed E-state index contributed by atoms with van der Waals surface area (Å²) in [6.45, 7) is 13.3. The molecule has 128 valence electrons. The maximum absolute atomic E-state index is 6.46. The molecule has 0 bridgehead atoms. The van der Waals surface area contributed by atoms with Gasteiger partial charge in [0.2, 0.25) is 0 Å². The van der Waals surface area contributed by atoms with Crippen LogP contribution in [0.1, 0.15) is 92.4 Å². The fraction of sp³-hybridized carbons (Fsp3) is 1.00. The molecule has 1 heterocycles. The van der Waals surface area contributed by atoms with Crippen LogP contribution in [0.4, 0.5) is 0 Å². The molecule has 1 saturated heterocycles. The van der Waals surface area contributed by atoms with Gasteiger partial charge in [0.15, 0.2) is 0 Å². The van der Waals surface area contributed by atoms with Crippen LogP contribution in [0.2, 0.25) is 0 Å². The normalized spacial score (nSPS) is 37.5. The van der Waals surface area contributed by atoms with Crippen LogP contribution >= 0.6 is 0 Å². The molecule has 0 aromatic heterocycles. The Morgan fingerprint density at radius 1 is 0.955 bits per heavy atom. The van der Waals surface area contributed by atoms with E-state index in [0.717, 1.165) is 24.4 Å². The van der Waals surface area contributed by atoms with E-state index in [1.165, 1.54) is 57.8 Å². The molecule has 0 aromatic rings. The van der Waals surface area contributed by atoms with Gasteiger partial charge in [-0.2, -0.15) is 0 Å². The minimum Gasteiger partial charge on any atom is -0.374 e. The Labute approximate surface area is 138 Å². The van der Waals surface area contributed by atoms with Crippen molar-refractivity contribution in [1.29, 1.82) is 0 Å². The van der Waals surface area contributed by atoms with E-state index in [1.807, 2.05) is 0 Å². The molecular formula is C21H38O. The Bertz CT molecular complexity index is 385. The van der Waals surface area contributed by atoms with E-state index in [2.05, 4.69) is 34.6 Å². The molecule has 0 amide bonds. The molecule has 1 aliphatic heterocycles. The van der Waals surface area contributed by atoms with Gasteiger partial charge in [-0.3, -0.25) is 0 Å². The zero-order valence-electron chi connectivity index (χ0n) is 15.7. The van der Waals surface area contributed by atoms with E-state index < -0.39 is 0 Å². The zero-order valence-corrected chi connectivity index (χ0v) is 15.7. The van der Waals surface area contributed by atoms with Gasteiger partial charge in [0.05, 0.1) is 12.2 Å². The quantitative estimate of drug-likeness (QED) is 0.602. The van der Waals surface area contributed by atoms with Gasteiger partial charge in [0.1, 0.15) is 0 Å². The maximum Gasteiger partial charge on any atom is 0.0719 e. The second kappa shape index (κ2) is 5.80. The third-order valence-electron chi connectivity index (χ3n) is 7.30. The molecule has 1 nitrogen and oxygen atoms in total. The Morgan fingerprint density at radius 2 is 1.64 bits per heavy atom. The first kappa shape index (κ1) is 16.8. The number of ether oxygens (including phenoxy) is 1. The molecule has 3 fully saturated rings. The lowest BCUT2D eigenvalue weighted by molar-refractivity contribution is -0.147. The second-order valence-corrected chi connectivity index (χ2v) is 10.4. The van der Waals surface area contributed by atoms with Crippen molar-refractivity contribution in [2.45, 2.75) is 98.0 Å². The van der Waals surface area contributed by atoms with Gasteiger partial charge in [-0.25, -0.2) is 0 Å². The van der Waals surface area contributed by atoms with Crippen molar-refractivity contribution in [3.05, 3.63) is 0 Å². The van der Waals surface area contributed by atoms with Crippen LogP contribution in [-0.4, -0.2) is 12.2 Å². The van der Waals surface area contributed by atoms with Crippen molar-refractivity contribution in [3.8, 4) is 0 Å². The summed E-state index contributed by atoms with van der Waals surface area (Å²) in [5, 5.41) is 0. The summed E-state index contributed by atoms with van der Waals surface area (Å²) >= 11 is 0. The van der Waals surface area contributed by atoms with Gasteiger partial charge in [-0.15, -0.1) is 0 Å². The van der Waals surface area contributed by atoms with Gasteiger partial charge in [0.25, 0.3) is 0 Å². The Kier molecular flexibility index (Phi) is 4.43. The van der Waals surface area contributed by atoms with Crippen LogP contribution in [0.3, 0.4) is 0 Å². The highest BCUT2D eigenvalue weighted by Crippen LogP contribution is 2.58. The molecule has 0 radical (unpaired) electrons. The second-order valence-electron chi connectivity index (χ2n) is 10.4. The standard InChI is InChI=1S/C21H38O/c1-19(2,3)18-11-12-21(18)14-16(15-22-21)13-20(4,5)17-9-7-6-8-10-17/h16-18H,6-15H2,1-5H3. The predicted octanol–water partition coefficient (Wildman–Crippen LogP) is 6.21. The van der Waals surface area contributed by atoms with Crippen molar-refractivity contribution >= 4 is 0 Å². The highest BCUT2D eigenvalue weighted by atomic mass is 16.5.